The molecule has 1 aromatic heterocycles. The maximum atomic E-state index is 12.4. The zero-order valence-corrected chi connectivity index (χ0v) is 15.5. The van der Waals surface area contributed by atoms with E-state index in [0.29, 0.717) is 16.1 Å². The molecule has 29 heavy (non-hydrogen) atoms. The summed E-state index contributed by atoms with van der Waals surface area (Å²) in [5.41, 5.74) is 0.840. The molecule has 2 aromatic carbocycles. The molecule has 0 radical (unpaired) electrons. The van der Waals surface area contributed by atoms with Gasteiger partial charge in [-0.05, 0) is 42.0 Å². The number of halogens is 4. The predicted octanol–water partition coefficient (Wildman–Crippen LogP) is 3.96. The largest absolute Gasteiger partial charge is 0.418 e. The lowest BCUT2D eigenvalue weighted by molar-refractivity contribution is -0.127. The molecule has 0 saturated carbocycles. The van der Waals surface area contributed by atoms with Crippen LogP contribution in [0, 0.1) is 0 Å². The van der Waals surface area contributed by atoms with E-state index in [9.17, 15) is 23.1 Å². The number of benzene rings is 2. The zero-order valence-electron chi connectivity index (χ0n) is 14.8. The first kappa shape index (κ1) is 20.8. The quantitative estimate of drug-likeness (QED) is 0.624. The number of hydrogen-bond donors (Lipinski definition) is 2. The third-order valence-electron chi connectivity index (χ3n) is 3.94. The van der Waals surface area contributed by atoms with E-state index in [1.807, 2.05) is 0 Å². The number of carbonyl (C=O) groups is 1. The summed E-state index contributed by atoms with van der Waals surface area (Å²) in [5, 5.41) is 20.3. The fourth-order valence-corrected chi connectivity index (χ4v) is 2.64. The van der Waals surface area contributed by atoms with Gasteiger partial charge in [-0.2, -0.15) is 13.2 Å². The fraction of sp³-hybridized carbons (Fsp3) is 0.211. The zero-order chi connectivity index (χ0) is 21.0. The van der Waals surface area contributed by atoms with Gasteiger partial charge in [0.25, 0.3) is 5.91 Å². The number of aliphatic hydroxyl groups excluding tert-OH is 1. The Bertz CT molecular complexity index is 973. The molecule has 0 saturated heterocycles. The summed E-state index contributed by atoms with van der Waals surface area (Å²) < 4.78 is 42.8. The maximum absolute atomic E-state index is 12.4. The van der Waals surface area contributed by atoms with Crippen molar-refractivity contribution in [2.45, 2.75) is 18.6 Å². The number of rotatable bonds is 6. The van der Waals surface area contributed by atoms with Crippen LogP contribution in [0.25, 0.3) is 11.5 Å². The highest BCUT2D eigenvalue weighted by Crippen LogP contribution is 2.25. The molecule has 1 unspecified atom stereocenters. The number of aliphatic hydroxyl groups is 1. The SMILES string of the molecule is O=C(NC(CO)c1nnc(-c2ccc(CC(F)(F)F)cc2)o1)c1ccc(Cl)cc1. The molecule has 1 heterocycles. The van der Waals surface area contributed by atoms with Crippen molar-refractivity contribution in [1.29, 1.82) is 0 Å². The Hall–Kier alpha value is -2.91. The second-order valence-corrected chi connectivity index (χ2v) is 6.59. The highest BCUT2D eigenvalue weighted by Gasteiger charge is 2.27. The van der Waals surface area contributed by atoms with E-state index in [4.69, 9.17) is 16.0 Å². The molecule has 10 heteroatoms. The lowest BCUT2D eigenvalue weighted by atomic mass is 10.1. The molecule has 0 aliphatic heterocycles. The fourth-order valence-electron chi connectivity index (χ4n) is 2.52. The summed E-state index contributed by atoms with van der Waals surface area (Å²) in [4.78, 5) is 12.3. The minimum absolute atomic E-state index is 0.0378. The lowest BCUT2D eigenvalue weighted by Gasteiger charge is -2.12. The molecule has 1 amide bonds. The summed E-state index contributed by atoms with van der Waals surface area (Å²) in [7, 11) is 0. The molecule has 3 aromatic rings. The average molecular weight is 426 g/mol. The molecule has 3 rings (SSSR count). The summed E-state index contributed by atoms with van der Waals surface area (Å²) >= 11 is 5.79. The monoisotopic (exact) mass is 425 g/mol. The second-order valence-electron chi connectivity index (χ2n) is 6.15. The van der Waals surface area contributed by atoms with Crippen LogP contribution in [0.5, 0.6) is 0 Å². The Kier molecular flexibility index (Phi) is 6.19. The van der Waals surface area contributed by atoms with E-state index < -0.39 is 31.2 Å². The molecule has 6 nitrogen and oxygen atoms in total. The molecular formula is C19H15ClF3N3O3. The maximum Gasteiger partial charge on any atom is 0.393 e. The van der Waals surface area contributed by atoms with Crippen molar-refractivity contribution in [3.05, 3.63) is 70.6 Å². The second kappa shape index (κ2) is 8.62. The Morgan fingerprint density at radius 1 is 1.10 bits per heavy atom. The van der Waals surface area contributed by atoms with E-state index in [1.54, 1.807) is 12.1 Å². The van der Waals surface area contributed by atoms with Gasteiger partial charge < -0.3 is 14.8 Å². The molecule has 0 spiro atoms. The van der Waals surface area contributed by atoms with E-state index >= 15 is 0 Å². The third-order valence-corrected chi connectivity index (χ3v) is 4.19. The van der Waals surface area contributed by atoms with Crippen molar-refractivity contribution in [2.24, 2.45) is 0 Å². The van der Waals surface area contributed by atoms with E-state index in [0.717, 1.165) is 0 Å². The van der Waals surface area contributed by atoms with Crippen molar-refractivity contribution >= 4 is 17.5 Å². The van der Waals surface area contributed by atoms with Gasteiger partial charge in [0.1, 0.15) is 6.04 Å². The summed E-state index contributed by atoms with van der Waals surface area (Å²) in [5.74, 6) is -0.459. The van der Waals surface area contributed by atoms with Crippen LogP contribution < -0.4 is 5.32 Å². The van der Waals surface area contributed by atoms with Crippen molar-refractivity contribution < 1.29 is 27.5 Å². The molecule has 2 N–H and O–H groups in total. The van der Waals surface area contributed by atoms with Crippen molar-refractivity contribution in [1.82, 2.24) is 15.5 Å². The summed E-state index contributed by atoms with van der Waals surface area (Å²) in [6.45, 7) is -0.495. The van der Waals surface area contributed by atoms with Gasteiger partial charge in [-0.15, -0.1) is 10.2 Å². The van der Waals surface area contributed by atoms with Crippen LogP contribution in [-0.2, 0) is 6.42 Å². The predicted molar refractivity (Wildman–Crippen MR) is 98.2 cm³/mol. The molecule has 0 fully saturated rings. The van der Waals surface area contributed by atoms with Crippen molar-refractivity contribution in [3.8, 4) is 11.5 Å². The van der Waals surface area contributed by atoms with Gasteiger partial charge in [0, 0.05) is 16.1 Å². The standard InChI is InChI=1S/C19H15ClF3N3O3/c20-14-7-5-12(6-8-14)16(28)24-15(10-27)18-26-25-17(29-18)13-3-1-11(2-4-13)9-19(21,22)23/h1-8,15,27H,9-10H2,(H,24,28). The van der Waals surface area contributed by atoms with E-state index in [1.165, 1.54) is 36.4 Å². The molecule has 0 bridgehead atoms. The molecule has 152 valence electrons. The number of hydrogen-bond acceptors (Lipinski definition) is 5. The molecule has 0 aliphatic rings. The van der Waals surface area contributed by atoms with E-state index in [2.05, 4.69) is 15.5 Å². The normalized spacial score (nSPS) is 12.6. The number of nitrogens with one attached hydrogen (secondary N) is 1. The highest BCUT2D eigenvalue weighted by atomic mass is 35.5. The highest BCUT2D eigenvalue weighted by molar-refractivity contribution is 6.30. The minimum Gasteiger partial charge on any atom is -0.418 e. The number of carbonyl (C=O) groups excluding carboxylic acids is 1. The summed E-state index contributed by atoms with van der Waals surface area (Å²) in [6.07, 6.45) is -5.33. The van der Waals surface area contributed by atoms with Gasteiger partial charge in [0.05, 0.1) is 13.0 Å². The molecule has 0 aliphatic carbocycles. The van der Waals surface area contributed by atoms with Crippen LogP contribution in [0.1, 0.15) is 27.9 Å². The van der Waals surface area contributed by atoms with Crippen molar-refractivity contribution in [2.75, 3.05) is 6.61 Å². The van der Waals surface area contributed by atoms with Gasteiger partial charge in [-0.3, -0.25) is 4.79 Å². The van der Waals surface area contributed by atoms with Crippen LogP contribution in [0.4, 0.5) is 13.2 Å². The number of amides is 1. The smallest absolute Gasteiger partial charge is 0.393 e. The first-order valence-corrected chi connectivity index (χ1v) is 8.80. The van der Waals surface area contributed by atoms with Crippen molar-refractivity contribution in [3.63, 3.8) is 0 Å². The first-order valence-electron chi connectivity index (χ1n) is 8.42. The minimum atomic E-state index is -4.30. The van der Waals surface area contributed by atoms with Gasteiger partial charge in [0.15, 0.2) is 0 Å². The van der Waals surface area contributed by atoms with Gasteiger partial charge in [-0.25, -0.2) is 0 Å². The van der Waals surface area contributed by atoms with Crippen LogP contribution in [0.15, 0.2) is 52.9 Å². The van der Waals surface area contributed by atoms with Crippen LogP contribution in [0.3, 0.4) is 0 Å². The van der Waals surface area contributed by atoms with Crippen LogP contribution in [0.2, 0.25) is 5.02 Å². The Morgan fingerprint density at radius 2 is 1.76 bits per heavy atom. The van der Waals surface area contributed by atoms with Crippen LogP contribution in [-0.4, -0.2) is 34.0 Å². The van der Waals surface area contributed by atoms with Crippen LogP contribution >= 0.6 is 11.6 Å². The first-order chi connectivity index (χ1) is 13.7. The topological polar surface area (TPSA) is 88.2 Å². The molecular weight excluding hydrogens is 411 g/mol. The van der Waals surface area contributed by atoms with E-state index in [-0.39, 0.29) is 17.3 Å². The summed E-state index contributed by atoms with van der Waals surface area (Å²) in [6, 6.07) is 10.7. The van der Waals surface area contributed by atoms with Gasteiger partial charge in [0.2, 0.25) is 11.8 Å². The Morgan fingerprint density at radius 3 is 2.34 bits per heavy atom. The molecule has 1 atom stereocenters. The van der Waals surface area contributed by atoms with Gasteiger partial charge in [-0.1, -0.05) is 23.7 Å². The third kappa shape index (κ3) is 5.55. The Labute approximate surface area is 168 Å². The number of aromatic nitrogens is 2. The number of alkyl halides is 3. The number of nitrogens with zero attached hydrogens (tertiary/aromatic N) is 2. The Balaban J connectivity index is 1.71. The van der Waals surface area contributed by atoms with Gasteiger partial charge >= 0.3 is 6.18 Å². The average Bonchev–Trinajstić information content (AvgIpc) is 3.15. The lowest BCUT2D eigenvalue weighted by Crippen LogP contribution is -2.31.